The molecule has 0 aromatic carbocycles. The molecular formula is C9H8BrNO2. The Hall–Kier alpha value is -0.900. The zero-order valence-corrected chi connectivity index (χ0v) is 8.45. The molecule has 3 nitrogen and oxygen atoms in total. The van der Waals surface area contributed by atoms with E-state index in [-0.39, 0.29) is 6.10 Å². The number of aldehydes is 1. The molecule has 0 N–H and O–H groups in total. The quantitative estimate of drug-likeness (QED) is 0.762. The fourth-order valence-corrected chi connectivity index (χ4v) is 1.41. The van der Waals surface area contributed by atoms with Crippen molar-refractivity contribution in [1.29, 1.82) is 0 Å². The van der Waals surface area contributed by atoms with Crippen LogP contribution < -0.4 is 4.74 Å². The molecule has 0 saturated heterocycles. The van der Waals surface area contributed by atoms with Crippen molar-refractivity contribution in [1.82, 2.24) is 4.98 Å². The van der Waals surface area contributed by atoms with Gasteiger partial charge in [0.2, 0.25) is 0 Å². The summed E-state index contributed by atoms with van der Waals surface area (Å²) in [6, 6.07) is 1.77. The summed E-state index contributed by atoms with van der Waals surface area (Å²) < 4.78 is 6.33. The maximum Gasteiger partial charge on any atom is 0.172 e. The van der Waals surface area contributed by atoms with Crippen LogP contribution in [0, 0.1) is 0 Å². The molecule has 0 bridgehead atoms. The van der Waals surface area contributed by atoms with E-state index in [0.717, 1.165) is 17.3 Å². The molecule has 0 unspecified atom stereocenters. The molecule has 0 amide bonds. The maximum absolute atomic E-state index is 10.6. The van der Waals surface area contributed by atoms with Gasteiger partial charge in [-0.15, -0.1) is 0 Å². The second-order valence-electron chi connectivity index (χ2n) is 2.94. The van der Waals surface area contributed by atoms with Crippen LogP contribution in [0.4, 0.5) is 0 Å². The molecule has 1 aliphatic carbocycles. The molecule has 0 spiro atoms. The highest BCUT2D eigenvalue weighted by Gasteiger charge is 2.25. The topological polar surface area (TPSA) is 39.2 Å². The minimum absolute atomic E-state index is 0.277. The Morgan fingerprint density at radius 3 is 3.00 bits per heavy atom. The number of hydrogen-bond donors (Lipinski definition) is 0. The van der Waals surface area contributed by atoms with Crippen molar-refractivity contribution in [2.24, 2.45) is 0 Å². The van der Waals surface area contributed by atoms with Gasteiger partial charge in [-0.25, -0.2) is 4.98 Å². The summed E-state index contributed by atoms with van der Waals surface area (Å²) in [5, 5.41) is 0. The second kappa shape index (κ2) is 3.46. The molecule has 4 heteroatoms. The van der Waals surface area contributed by atoms with Crippen LogP contribution in [0.2, 0.25) is 0 Å². The van der Waals surface area contributed by atoms with Crippen LogP contribution >= 0.6 is 15.9 Å². The average Bonchev–Trinajstić information content (AvgIpc) is 2.92. The lowest BCUT2D eigenvalue weighted by atomic mass is 10.3. The van der Waals surface area contributed by atoms with Crippen LogP contribution in [0.1, 0.15) is 23.3 Å². The van der Waals surface area contributed by atoms with Crippen LogP contribution in [0.5, 0.6) is 5.75 Å². The summed E-state index contributed by atoms with van der Waals surface area (Å²) in [6.07, 6.45) is 4.70. The molecule has 1 saturated carbocycles. The van der Waals surface area contributed by atoms with Crippen molar-refractivity contribution in [3.8, 4) is 5.75 Å². The zero-order valence-electron chi connectivity index (χ0n) is 6.87. The monoisotopic (exact) mass is 241 g/mol. The minimum Gasteiger partial charge on any atom is -0.487 e. The lowest BCUT2D eigenvalue weighted by molar-refractivity contribution is 0.111. The number of carbonyl (C=O) groups excluding carboxylic acids is 1. The molecule has 68 valence electrons. The van der Waals surface area contributed by atoms with E-state index in [0.29, 0.717) is 17.7 Å². The van der Waals surface area contributed by atoms with Gasteiger partial charge in [-0.1, -0.05) is 0 Å². The summed E-state index contributed by atoms with van der Waals surface area (Å²) in [5.41, 5.74) is 0.362. The van der Waals surface area contributed by atoms with Crippen LogP contribution in [0.25, 0.3) is 0 Å². The Morgan fingerprint density at radius 1 is 1.62 bits per heavy atom. The lowest BCUT2D eigenvalue weighted by Crippen LogP contribution is -2.01. The van der Waals surface area contributed by atoms with Crippen molar-refractivity contribution in [3.05, 3.63) is 22.4 Å². The van der Waals surface area contributed by atoms with Gasteiger partial charge in [-0.05, 0) is 34.8 Å². The Bertz CT molecular complexity index is 336. The van der Waals surface area contributed by atoms with Gasteiger partial charge in [-0.2, -0.15) is 0 Å². The van der Waals surface area contributed by atoms with Gasteiger partial charge in [0.15, 0.2) is 12.0 Å². The second-order valence-corrected chi connectivity index (χ2v) is 3.80. The standard InChI is InChI=1S/C9H8BrNO2/c10-7-3-4-11-8(5-12)9(7)13-6-1-2-6/h3-6H,1-2H2. The van der Waals surface area contributed by atoms with Gasteiger partial charge in [0.05, 0.1) is 10.6 Å². The first-order chi connectivity index (χ1) is 6.31. The summed E-state index contributed by atoms with van der Waals surface area (Å²) in [5.74, 6) is 0.569. The summed E-state index contributed by atoms with van der Waals surface area (Å²) >= 11 is 3.32. The van der Waals surface area contributed by atoms with E-state index in [1.54, 1.807) is 12.3 Å². The zero-order chi connectivity index (χ0) is 9.26. The van der Waals surface area contributed by atoms with Crippen molar-refractivity contribution in [3.63, 3.8) is 0 Å². The van der Waals surface area contributed by atoms with E-state index >= 15 is 0 Å². The molecule has 1 heterocycles. The molecule has 1 aliphatic rings. The smallest absolute Gasteiger partial charge is 0.172 e. The van der Waals surface area contributed by atoms with Crippen LogP contribution in [-0.2, 0) is 0 Å². The van der Waals surface area contributed by atoms with Gasteiger partial charge in [0.1, 0.15) is 5.69 Å². The number of halogens is 1. The number of hydrogen-bond acceptors (Lipinski definition) is 3. The third-order valence-electron chi connectivity index (χ3n) is 1.80. The van der Waals surface area contributed by atoms with Gasteiger partial charge < -0.3 is 4.74 Å². The van der Waals surface area contributed by atoms with E-state index in [2.05, 4.69) is 20.9 Å². The Labute approximate surface area is 84.2 Å². The number of rotatable bonds is 3. The number of aromatic nitrogens is 1. The van der Waals surface area contributed by atoms with Crippen molar-refractivity contribution < 1.29 is 9.53 Å². The number of pyridine rings is 1. The molecule has 2 rings (SSSR count). The highest BCUT2D eigenvalue weighted by Crippen LogP contribution is 2.33. The van der Waals surface area contributed by atoms with Crippen LogP contribution in [0.15, 0.2) is 16.7 Å². The Kier molecular flexibility index (Phi) is 2.31. The minimum atomic E-state index is 0.277. The molecular weight excluding hydrogens is 234 g/mol. The molecule has 0 aliphatic heterocycles. The Morgan fingerprint density at radius 2 is 2.38 bits per heavy atom. The largest absolute Gasteiger partial charge is 0.487 e. The molecule has 1 aromatic heterocycles. The lowest BCUT2D eigenvalue weighted by Gasteiger charge is -2.07. The van der Waals surface area contributed by atoms with Crippen molar-refractivity contribution in [2.45, 2.75) is 18.9 Å². The molecule has 1 fully saturated rings. The average molecular weight is 242 g/mol. The SMILES string of the molecule is O=Cc1nccc(Br)c1OC1CC1. The summed E-state index contributed by atoms with van der Waals surface area (Å²) in [7, 11) is 0. The van der Waals surface area contributed by atoms with E-state index in [4.69, 9.17) is 4.74 Å². The first kappa shape index (κ1) is 8.69. The number of nitrogens with zero attached hydrogens (tertiary/aromatic N) is 1. The maximum atomic E-state index is 10.6. The van der Waals surface area contributed by atoms with Gasteiger partial charge in [-0.3, -0.25) is 4.79 Å². The predicted octanol–water partition coefficient (Wildman–Crippen LogP) is 2.20. The van der Waals surface area contributed by atoms with Crippen LogP contribution in [-0.4, -0.2) is 17.4 Å². The highest BCUT2D eigenvalue weighted by molar-refractivity contribution is 9.10. The molecule has 13 heavy (non-hydrogen) atoms. The van der Waals surface area contributed by atoms with E-state index < -0.39 is 0 Å². The fraction of sp³-hybridized carbons (Fsp3) is 0.333. The third kappa shape index (κ3) is 1.88. The number of ether oxygens (including phenoxy) is 1. The van der Waals surface area contributed by atoms with Crippen LogP contribution in [0.3, 0.4) is 0 Å². The molecule has 1 aromatic rings. The Balaban J connectivity index is 2.32. The predicted molar refractivity (Wildman–Crippen MR) is 51.0 cm³/mol. The van der Waals surface area contributed by atoms with Gasteiger partial charge >= 0.3 is 0 Å². The van der Waals surface area contributed by atoms with E-state index in [1.165, 1.54) is 0 Å². The van der Waals surface area contributed by atoms with Gasteiger partial charge in [0, 0.05) is 6.20 Å². The van der Waals surface area contributed by atoms with Gasteiger partial charge in [0.25, 0.3) is 0 Å². The molecule has 0 atom stereocenters. The van der Waals surface area contributed by atoms with Crippen molar-refractivity contribution >= 4 is 22.2 Å². The first-order valence-corrected chi connectivity index (χ1v) is 4.87. The summed E-state index contributed by atoms with van der Waals surface area (Å²) in [6.45, 7) is 0. The third-order valence-corrected chi connectivity index (χ3v) is 2.43. The van der Waals surface area contributed by atoms with E-state index in [9.17, 15) is 4.79 Å². The van der Waals surface area contributed by atoms with Crippen molar-refractivity contribution in [2.75, 3.05) is 0 Å². The fourth-order valence-electron chi connectivity index (χ4n) is 0.993. The summed E-state index contributed by atoms with van der Waals surface area (Å²) in [4.78, 5) is 14.5. The number of carbonyl (C=O) groups is 1. The highest BCUT2D eigenvalue weighted by atomic mass is 79.9. The first-order valence-electron chi connectivity index (χ1n) is 4.07. The normalized spacial score (nSPS) is 15.5. The molecule has 0 radical (unpaired) electrons. The van der Waals surface area contributed by atoms with E-state index in [1.807, 2.05) is 0 Å².